The smallest absolute Gasteiger partial charge is 0.335 e. The monoisotopic (exact) mass is 277 g/mol. The molecule has 2 aliphatic rings. The van der Waals surface area contributed by atoms with E-state index < -0.39 is 5.97 Å². The summed E-state index contributed by atoms with van der Waals surface area (Å²) in [6.45, 7) is 0. The first-order valence-corrected chi connectivity index (χ1v) is 7.94. The molecule has 3 rings (SSSR count). The number of rotatable bonds is 3. The third-order valence-electron chi connectivity index (χ3n) is 4.68. The van der Waals surface area contributed by atoms with Crippen LogP contribution in [0.15, 0.2) is 23.4 Å². The Morgan fingerprint density at radius 1 is 1.32 bits per heavy atom. The molecule has 1 aromatic heterocycles. The summed E-state index contributed by atoms with van der Waals surface area (Å²) >= 11 is 1.79. The molecule has 0 aliphatic heterocycles. The molecule has 1 atom stereocenters. The highest BCUT2D eigenvalue weighted by Crippen LogP contribution is 2.57. The van der Waals surface area contributed by atoms with Crippen molar-refractivity contribution < 1.29 is 9.90 Å². The number of hydrogen-bond donors (Lipinski definition) is 1. The molecule has 1 N–H and O–H groups in total. The molecule has 0 bridgehead atoms. The van der Waals surface area contributed by atoms with E-state index in [4.69, 9.17) is 5.11 Å². The predicted octanol–water partition coefficient (Wildman–Crippen LogP) is 3.98. The zero-order valence-electron chi connectivity index (χ0n) is 11.0. The highest BCUT2D eigenvalue weighted by Gasteiger charge is 2.47. The molecule has 1 unspecified atom stereocenters. The minimum Gasteiger partial charge on any atom is -0.478 e. The number of aromatic carboxylic acids is 1. The summed E-state index contributed by atoms with van der Waals surface area (Å²) in [6, 6.07) is 3.27. The van der Waals surface area contributed by atoms with E-state index in [9.17, 15) is 4.79 Å². The van der Waals surface area contributed by atoms with Gasteiger partial charge in [0, 0.05) is 11.4 Å². The lowest BCUT2D eigenvalue weighted by Gasteiger charge is -2.51. The quantitative estimate of drug-likeness (QED) is 0.907. The van der Waals surface area contributed by atoms with Crippen molar-refractivity contribution in [3.8, 4) is 0 Å². The molecule has 1 aromatic rings. The van der Waals surface area contributed by atoms with Gasteiger partial charge in [0.1, 0.15) is 0 Å². The molecule has 0 aromatic carbocycles. The topological polar surface area (TPSA) is 50.2 Å². The van der Waals surface area contributed by atoms with E-state index in [1.54, 1.807) is 30.1 Å². The fourth-order valence-electron chi connectivity index (χ4n) is 3.43. The summed E-state index contributed by atoms with van der Waals surface area (Å²) in [4.78, 5) is 15.3. The molecular weight excluding hydrogens is 258 g/mol. The fourth-order valence-corrected chi connectivity index (χ4v) is 4.88. The van der Waals surface area contributed by atoms with Gasteiger partial charge in [-0.2, -0.15) is 0 Å². The number of aromatic nitrogens is 1. The van der Waals surface area contributed by atoms with E-state index in [1.807, 2.05) is 0 Å². The van der Waals surface area contributed by atoms with Gasteiger partial charge in [0.15, 0.2) is 0 Å². The first-order valence-electron chi connectivity index (χ1n) is 7.06. The summed E-state index contributed by atoms with van der Waals surface area (Å²) in [5.74, 6) is -0.870. The van der Waals surface area contributed by atoms with Crippen molar-refractivity contribution in [1.29, 1.82) is 0 Å². The lowest BCUT2D eigenvalue weighted by Crippen LogP contribution is -2.44. The van der Waals surface area contributed by atoms with Gasteiger partial charge >= 0.3 is 5.97 Å². The van der Waals surface area contributed by atoms with Crippen LogP contribution in [0.2, 0.25) is 0 Å². The van der Waals surface area contributed by atoms with E-state index in [2.05, 4.69) is 4.98 Å². The average molecular weight is 277 g/mol. The van der Waals surface area contributed by atoms with Crippen molar-refractivity contribution >= 4 is 17.7 Å². The maximum absolute atomic E-state index is 11.0. The number of hydrogen-bond acceptors (Lipinski definition) is 3. The van der Waals surface area contributed by atoms with E-state index in [-0.39, 0.29) is 0 Å². The molecule has 0 saturated heterocycles. The van der Waals surface area contributed by atoms with Gasteiger partial charge in [0.2, 0.25) is 0 Å². The standard InChI is InChI=1S/C15H19NO2S/c17-14(18)11-5-9-16-13(10-11)19-12-4-8-15(12)6-2-1-3-7-15/h5,9-10,12H,1-4,6-8H2,(H,17,18). The van der Waals surface area contributed by atoms with Gasteiger partial charge in [0.05, 0.1) is 10.6 Å². The summed E-state index contributed by atoms with van der Waals surface area (Å²) in [7, 11) is 0. The van der Waals surface area contributed by atoms with Crippen molar-refractivity contribution in [3.05, 3.63) is 23.9 Å². The summed E-state index contributed by atoms with van der Waals surface area (Å²) in [5.41, 5.74) is 0.874. The van der Waals surface area contributed by atoms with Crippen LogP contribution in [0.1, 0.15) is 55.3 Å². The van der Waals surface area contributed by atoms with Crippen LogP contribution in [-0.2, 0) is 0 Å². The first kappa shape index (κ1) is 13.0. The molecule has 2 fully saturated rings. The molecule has 1 spiro atoms. The van der Waals surface area contributed by atoms with Crippen molar-refractivity contribution in [1.82, 2.24) is 4.98 Å². The highest BCUT2D eigenvalue weighted by molar-refractivity contribution is 8.00. The van der Waals surface area contributed by atoms with Gasteiger partial charge in [0.25, 0.3) is 0 Å². The van der Waals surface area contributed by atoms with Gasteiger partial charge < -0.3 is 5.11 Å². The van der Waals surface area contributed by atoms with Crippen molar-refractivity contribution in [3.63, 3.8) is 0 Å². The van der Waals surface area contributed by atoms with Crippen molar-refractivity contribution in [2.24, 2.45) is 5.41 Å². The number of carboxylic acids is 1. The summed E-state index contributed by atoms with van der Waals surface area (Å²) < 4.78 is 0. The second-order valence-electron chi connectivity index (χ2n) is 5.76. The second-order valence-corrected chi connectivity index (χ2v) is 6.98. The maximum atomic E-state index is 11.0. The van der Waals surface area contributed by atoms with Gasteiger partial charge in [-0.25, -0.2) is 9.78 Å². The Bertz CT molecular complexity index is 483. The van der Waals surface area contributed by atoms with Crippen LogP contribution < -0.4 is 0 Å². The van der Waals surface area contributed by atoms with Crippen LogP contribution in [0.4, 0.5) is 0 Å². The SMILES string of the molecule is O=C(O)c1ccnc(SC2CCC23CCCCC3)c1. The number of carbonyl (C=O) groups is 1. The molecule has 3 nitrogen and oxygen atoms in total. The molecular formula is C15H19NO2S. The van der Waals surface area contributed by atoms with Crippen molar-refractivity contribution in [2.45, 2.75) is 55.2 Å². The van der Waals surface area contributed by atoms with Crippen molar-refractivity contribution in [2.75, 3.05) is 0 Å². The summed E-state index contributed by atoms with van der Waals surface area (Å²) in [6.07, 6.45) is 11.0. The second kappa shape index (κ2) is 5.16. The number of nitrogens with zero attached hydrogens (tertiary/aromatic N) is 1. The Balaban J connectivity index is 1.71. The zero-order valence-corrected chi connectivity index (χ0v) is 11.8. The minimum absolute atomic E-state index is 0.342. The number of pyridine rings is 1. The van der Waals surface area contributed by atoms with E-state index in [1.165, 1.54) is 44.9 Å². The van der Waals surface area contributed by atoms with Gasteiger partial charge in [-0.05, 0) is 43.2 Å². The first-order chi connectivity index (χ1) is 9.20. The molecule has 2 saturated carbocycles. The third kappa shape index (κ3) is 2.50. The molecule has 0 amide bonds. The molecule has 102 valence electrons. The Labute approximate surface area is 117 Å². The van der Waals surface area contributed by atoms with Crippen LogP contribution in [0, 0.1) is 5.41 Å². The maximum Gasteiger partial charge on any atom is 0.335 e. The molecule has 19 heavy (non-hydrogen) atoms. The molecule has 1 heterocycles. The van der Waals surface area contributed by atoms with Gasteiger partial charge in [-0.3, -0.25) is 0 Å². The minimum atomic E-state index is -0.870. The Morgan fingerprint density at radius 2 is 2.11 bits per heavy atom. The van der Waals surface area contributed by atoms with E-state index >= 15 is 0 Å². The zero-order chi connectivity index (χ0) is 13.3. The number of carboxylic acid groups (broad SMARTS) is 1. The third-order valence-corrected chi connectivity index (χ3v) is 6.17. The van der Waals surface area contributed by atoms with Crippen LogP contribution >= 0.6 is 11.8 Å². The normalized spacial score (nSPS) is 24.9. The van der Waals surface area contributed by atoms with Gasteiger partial charge in [-0.15, -0.1) is 11.8 Å². The summed E-state index contributed by atoms with van der Waals surface area (Å²) in [5, 5.41) is 10.5. The van der Waals surface area contributed by atoms with Gasteiger partial charge in [-0.1, -0.05) is 19.3 Å². The van der Waals surface area contributed by atoms with Crippen LogP contribution in [0.3, 0.4) is 0 Å². The lowest BCUT2D eigenvalue weighted by molar-refractivity contribution is 0.0696. The van der Waals surface area contributed by atoms with Crippen LogP contribution in [-0.4, -0.2) is 21.3 Å². The molecule has 0 radical (unpaired) electrons. The largest absolute Gasteiger partial charge is 0.478 e. The highest BCUT2D eigenvalue weighted by atomic mass is 32.2. The van der Waals surface area contributed by atoms with Crippen LogP contribution in [0.5, 0.6) is 0 Å². The van der Waals surface area contributed by atoms with E-state index in [0.29, 0.717) is 16.2 Å². The fraction of sp³-hybridized carbons (Fsp3) is 0.600. The average Bonchev–Trinajstić information content (AvgIpc) is 2.45. The Hall–Kier alpha value is -1.03. The van der Waals surface area contributed by atoms with Crippen LogP contribution in [0.25, 0.3) is 0 Å². The Kier molecular flexibility index (Phi) is 3.52. The Morgan fingerprint density at radius 3 is 2.74 bits per heavy atom. The lowest BCUT2D eigenvalue weighted by atomic mass is 9.60. The molecule has 2 aliphatic carbocycles. The number of thioether (sulfide) groups is 1. The molecule has 4 heteroatoms. The predicted molar refractivity (Wildman–Crippen MR) is 75.6 cm³/mol. The van der Waals surface area contributed by atoms with E-state index in [0.717, 1.165) is 5.03 Å².